The minimum atomic E-state index is -0.408. The predicted molar refractivity (Wildman–Crippen MR) is 75.8 cm³/mol. The second-order valence-electron chi connectivity index (χ2n) is 7.35. The third-order valence-corrected chi connectivity index (χ3v) is 4.52. The fraction of sp³-hybridized carbons (Fsp3) is 0.933. The van der Waals surface area contributed by atoms with E-state index in [-0.39, 0.29) is 12.1 Å². The third-order valence-electron chi connectivity index (χ3n) is 4.52. The monoisotopic (exact) mass is 268 g/mol. The van der Waals surface area contributed by atoms with E-state index in [1.165, 1.54) is 12.8 Å². The largest absolute Gasteiger partial charge is 0.444 e. The van der Waals surface area contributed by atoms with Gasteiger partial charge in [-0.1, -0.05) is 0 Å². The van der Waals surface area contributed by atoms with Gasteiger partial charge in [0.05, 0.1) is 0 Å². The summed E-state index contributed by atoms with van der Waals surface area (Å²) in [6.45, 7) is 9.49. The number of rotatable bonds is 1. The molecule has 0 aromatic carbocycles. The molecule has 0 aromatic heterocycles. The van der Waals surface area contributed by atoms with Crippen molar-refractivity contribution in [3.63, 3.8) is 0 Å². The number of carbonyl (C=O) groups is 1. The van der Waals surface area contributed by atoms with E-state index in [2.05, 4.69) is 6.92 Å². The van der Waals surface area contributed by atoms with Gasteiger partial charge in [0, 0.05) is 19.1 Å². The topological polar surface area (TPSA) is 55.6 Å². The van der Waals surface area contributed by atoms with Crippen molar-refractivity contribution in [1.82, 2.24) is 4.90 Å². The van der Waals surface area contributed by atoms with Gasteiger partial charge in [0.1, 0.15) is 5.60 Å². The molecule has 1 aliphatic carbocycles. The van der Waals surface area contributed by atoms with Crippen molar-refractivity contribution in [2.45, 2.75) is 65.0 Å². The third kappa shape index (κ3) is 3.41. The van der Waals surface area contributed by atoms with E-state index < -0.39 is 5.60 Å². The van der Waals surface area contributed by atoms with Crippen molar-refractivity contribution in [2.24, 2.45) is 17.1 Å². The van der Waals surface area contributed by atoms with Gasteiger partial charge in [-0.3, -0.25) is 0 Å². The first-order valence-corrected chi connectivity index (χ1v) is 7.47. The van der Waals surface area contributed by atoms with Crippen molar-refractivity contribution in [1.29, 1.82) is 0 Å². The number of amides is 1. The molecule has 3 atom stereocenters. The summed E-state index contributed by atoms with van der Waals surface area (Å²) in [5.41, 5.74) is 6.04. The summed E-state index contributed by atoms with van der Waals surface area (Å²) in [6, 6.07) is 0.285. The molecule has 1 aliphatic heterocycles. The Morgan fingerprint density at radius 2 is 2.05 bits per heavy atom. The molecule has 2 fully saturated rings. The molecule has 4 nitrogen and oxygen atoms in total. The molecule has 110 valence electrons. The Morgan fingerprint density at radius 1 is 1.37 bits per heavy atom. The van der Waals surface area contributed by atoms with Crippen LogP contribution in [0, 0.1) is 11.3 Å². The van der Waals surface area contributed by atoms with E-state index in [0.717, 1.165) is 25.9 Å². The first-order chi connectivity index (χ1) is 8.73. The van der Waals surface area contributed by atoms with Crippen molar-refractivity contribution in [3.8, 4) is 0 Å². The molecular formula is C15H28N2O2. The van der Waals surface area contributed by atoms with Gasteiger partial charge in [0.2, 0.25) is 0 Å². The number of hydrogen-bond donors (Lipinski definition) is 1. The van der Waals surface area contributed by atoms with Gasteiger partial charge in [0.25, 0.3) is 0 Å². The van der Waals surface area contributed by atoms with Crippen LogP contribution in [-0.4, -0.2) is 35.7 Å². The summed E-state index contributed by atoms with van der Waals surface area (Å²) in [5.74, 6) is 0.658. The zero-order valence-corrected chi connectivity index (χ0v) is 12.7. The van der Waals surface area contributed by atoms with Crippen LogP contribution in [-0.2, 0) is 4.74 Å². The number of nitrogens with zero attached hydrogens (tertiary/aromatic N) is 1. The molecule has 0 bridgehead atoms. The van der Waals surface area contributed by atoms with Crippen LogP contribution < -0.4 is 5.73 Å². The summed E-state index contributed by atoms with van der Waals surface area (Å²) >= 11 is 0. The molecule has 19 heavy (non-hydrogen) atoms. The molecule has 1 amide bonds. The first-order valence-electron chi connectivity index (χ1n) is 7.47. The minimum Gasteiger partial charge on any atom is -0.444 e. The Balaban J connectivity index is 1.89. The molecule has 0 radical (unpaired) electrons. The lowest BCUT2D eigenvalue weighted by atomic mass is 9.92. The van der Waals surface area contributed by atoms with Gasteiger partial charge in [-0.15, -0.1) is 0 Å². The summed E-state index contributed by atoms with van der Waals surface area (Å²) in [7, 11) is 0. The van der Waals surface area contributed by atoms with Gasteiger partial charge in [0.15, 0.2) is 0 Å². The standard InChI is InChI=1S/C15H28N2O2/c1-11(16)12-10-15(12)6-5-8-17(9-7-15)13(18)19-14(2,3)4/h11-12H,5-10,16H2,1-4H3. The highest BCUT2D eigenvalue weighted by Crippen LogP contribution is 2.60. The number of nitrogens with two attached hydrogens (primary N) is 1. The van der Waals surface area contributed by atoms with Crippen molar-refractivity contribution >= 4 is 6.09 Å². The lowest BCUT2D eigenvalue weighted by Crippen LogP contribution is -2.37. The average molecular weight is 268 g/mol. The quantitative estimate of drug-likeness (QED) is 0.795. The van der Waals surface area contributed by atoms with Gasteiger partial charge >= 0.3 is 6.09 Å². The van der Waals surface area contributed by atoms with Gasteiger partial charge in [-0.05, 0) is 64.7 Å². The Kier molecular flexibility index (Phi) is 3.83. The Labute approximate surface area is 116 Å². The lowest BCUT2D eigenvalue weighted by Gasteiger charge is -2.26. The maximum absolute atomic E-state index is 12.1. The number of hydrogen-bond acceptors (Lipinski definition) is 3. The maximum Gasteiger partial charge on any atom is 0.410 e. The SMILES string of the molecule is CC(N)C1CC12CCCN(C(=O)OC(C)(C)C)CC2. The molecule has 3 unspecified atom stereocenters. The van der Waals surface area contributed by atoms with Crippen molar-refractivity contribution in [3.05, 3.63) is 0 Å². The van der Waals surface area contributed by atoms with E-state index >= 15 is 0 Å². The highest BCUT2D eigenvalue weighted by atomic mass is 16.6. The highest BCUT2D eigenvalue weighted by Gasteiger charge is 2.55. The van der Waals surface area contributed by atoms with E-state index in [0.29, 0.717) is 11.3 Å². The molecule has 1 heterocycles. The van der Waals surface area contributed by atoms with Gasteiger partial charge in [-0.25, -0.2) is 4.79 Å². The average Bonchev–Trinajstić information content (AvgIpc) is 2.99. The zero-order chi connectivity index (χ0) is 14.3. The van der Waals surface area contributed by atoms with Crippen LogP contribution in [0.1, 0.15) is 53.4 Å². The van der Waals surface area contributed by atoms with Crippen LogP contribution in [0.4, 0.5) is 4.79 Å². The smallest absolute Gasteiger partial charge is 0.410 e. The van der Waals surface area contributed by atoms with Gasteiger partial charge in [-0.2, -0.15) is 0 Å². The molecular weight excluding hydrogens is 240 g/mol. The Hall–Kier alpha value is -0.770. The summed E-state index contributed by atoms with van der Waals surface area (Å²) in [4.78, 5) is 14.0. The van der Waals surface area contributed by atoms with Crippen LogP contribution in [0.5, 0.6) is 0 Å². The van der Waals surface area contributed by atoms with E-state index in [1.807, 2.05) is 25.7 Å². The normalized spacial score (nSPS) is 32.9. The maximum atomic E-state index is 12.1. The summed E-state index contributed by atoms with van der Waals surface area (Å²) < 4.78 is 5.46. The van der Waals surface area contributed by atoms with Crippen LogP contribution in [0.25, 0.3) is 0 Å². The number of carbonyl (C=O) groups excluding carboxylic acids is 1. The fourth-order valence-corrected chi connectivity index (χ4v) is 3.42. The number of likely N-dealkylation sites (tertiary alicyclic amines) is 1. The minimum absolute atomic E-state index is 0.164. The lowest BCUT2D eigenvalue weighted by molar-refractivity contribution is 0.0254. The molecule has 2 N–H and O–H groups in total. The molecule has 2 rings (SSSR count). The van der Waals surface area contributed by atoms with E-state index in [9.17, 15) is 4.79 Å². The molecule has 1 saturated heterocycles. The van der Waals surface area contributed by atoms with Crippen molar-refractivity contribution in [2.75, 3.05) is 13.1 Å². The van der Waals surface area contributed by atoms with E-state index in [4.69, 9.17) is 10.5 Å². The molecule has 1 spiro atoms. The summed E-state index contributed by atoms with van der Waals surface area (Å²) in [6.07, 6.45) is 4.44. The molecule has 1 saturated carbocycles. The first kappa shape index (κ1) is 14.6. The zero-order valence-electron chi connectivity index (χ0n) is 12.7. The number of ether oxygens (including phenoxy) is 1. The second-order valence-corrected chi connectivity index (χ2v) is 7.35. The van der Waals surface area contributed by atoms with Crippen LogP contribution >= 0.6 is 0 Å². The van der Waals surface area contributed by atoms with Crippen LogP contribution in [0.15, 0.2) is 0 Å². The summed E-state index contributed by atoms with van der Waals surface area (Å²) in [5, 5.41) is 0. The predicted octanol–water partition coefficient (Wildman–Crippen LogP) is 2.76. The van der Waals surface area contributed by atoms with Crippen LogP contribution in [0.3, 0.4) is 0 Å². The Bertz CT molecular complexity index is 349. The van der Waals surface area contributed by atoms with Crippen LogP contribution in [0.2, 0.25) is 0 Å². The highest BCUT2D eigenvalue weighted by molar-refractivity contribution is 5.68. The fourth-order valence-electron chi connectivity index (χ4n) is 3.42. The molecule has 2 aliphatic rings. The van der Waals surface area contributed by atoms with E-state index in [1.54, 1.807) is 0 Å². The second kappa shape index (κ2) is 4.97. The molecule has 0 aromatic rings. The van der Waals surface area contributed by atoms with Gasteiger partial charge < -0.3 is 15.4 Å². The molecule has 4 heteroatoms. The van der Waals surface area contributed by atoms with Crippen molar-refractivity contribution < 1.29 is 9.53 Å². The Morgan fingerprint density at radius 3 is 2.58 bits per heavy atom.